The zero-order chi connectivity index (χ0) is 13.7. The highest BCUT2D eigenvalue weighted by Gasteiger charge is 2.24. The summed E-state index contributed by atoms with van der Waals surface area (Å²) in [6.45, 7) is 7.76. The Balaban J connectivity index is 1.87. The summed E-state index contributed by atoms with van der Waals surface area (Å²) in [5.74, 6) is 0.503. The molecule has 1 aromatic carbocycles. The Hall–Kier alpha value is -1.51. The first kappa shape index (κ1) is 13.9. The third-order valence-corrected chi connectivity index (χ3v) is 3.86. The Labute approximate surface area is 116 Å². The molecule has 0 saturated carbocycles. The molecule has 0 radical (unpaired) electrons. The Morgan fingerprint density at radius 2 is 1.79 bits per heavy atom. The molecule has 19 heavy (non-hydrogen) atoms. The molecule has 1 saturated heterocycles. The summed E-state index contributed by atoms with van der Waals surface area (Å²) in [5, 5.41) is 0. The number of para-hydroxylation sites is 1. The van der Waals surface area contributed by atoms with E-state index in [-0.39, 0.29) is 5.92 Å². The van der Waals surface area contributed by atoms with Gasteiger partial charge in [-0.05, 0) is 18.6 Å². The van der Waals surface area contributed by atoms with Crippen LogP contribution in [0.1, 0.15) is 26.7 Å². The van der Waals surface area contributed by atoms with E-state index in [1.165, 1.54) is 5.69 Å². The van der Waals surface area contributed by atoms with E-state index >= 15 is 0 Å². The SMILES string of the molecule is CCCC(C)C(=O)N1CCN(c2ccccc2)CC1. The quantitative estimate of drug-likeness (QED) is 0.831. The van der Waals surface area contributed by atoms with Crippen molar-refractivity contribution in [3.05, 3.63) is 30.3 Å². The highest BCUT2D eigenvalue weighted by atomic mass is 16.2. The molecule has 1 amide bonds. The minimum atomic E-state index is 0.174. The molecular weight excluding hydrogens is 236 g/mol. The number of piperazine rings is 1. The molecule has 0 bridgehead atoms. The lowest BCUT2D eigenvalue weighted by Crippen LogP contribution is -2.50. The van der Waals surface area contributed by atoms with Gasteiger partial charge in [-0.25, -0.2) is 0 Å². The van der Waals surface area contributed by atoms with E-state index in [0.29, 0.717) is 5.91 Å². The average molecular weight is 260 g/mol. The number of hydrogen-bond donors (Lipinski definition) is 0. The van der Waals surface area contributed by atoms with Crippen LogP contribution >= 0.6 is 0 Å². The zero-order valence-electron chi connectivity index (χ0n) is 12.0. The number of carbonyl (C=O) groups excluding carboxylic acids is 1. The van der Waals surface area contributed by atoms with Crippen LogP contribution in [0.4, 0.5) is 5.69 Å². The van der Waals surface area contributed by atoms with Crippen LogP contribution in [0.5, 0.6) is 0 Å². The standard InChI is InChI=1S/C16H24N2O/c1-3-7-14(2)16(19)18-12-10-17(11-13-18)15-8-5-4-6-9-15/h4-6,8-9,14H,3,7,10-13H2,1-2H3. The van der Waals surface area contributed by atoms with Gasteiger partial charge in [0.15, 0.2) is 0 Å². The number of hydrogen-bond acceptors (Lipinski definition) is 2. The molecule has 1 unspecified atom stereocenters. The molecule has 0 spiro atoms. The predicted molar refractivity (Wildman–Crippen MR) is 79.3 cm³/mol. The highest BCUT2D eigenvalue weighted by Crippen LogP contribution is 2.17. The molecule has 1 atom stereocenters. The van der Waals surface area contributed by atoms with Gasteiger partial charge in [-0.2, -0.15) is 0 Å². The molecule has 0 N–H and O–H groups in total. The van der Waals surface area contributed by atoms with Gasteiger partial charge in [0, 0.05) is 37.8 Å². The van der Waals surface area contributed by atoms with Crippen molar-refractivity contribution in [3.63, 3.8) is 0 Å². The Kier molecular flexibility index (Phi) is 4.83. The average Bonchev–Trinajstić information content (AvgIpc) is 2.48. The molecule has 1 heterocycles. The smallest absolute Gasteiger partial charge is 0.225 e. The van der Waals surface area contributed by atoms with Crippen LogP contribution in [0.2, 0.25) is 0 Å². The maximum Gasteiger partial charge on any atom is 0.225 e. The van der Waals surface area contributed by atoms with E-state index in [4.69, 9.17) is 0 Å². The molecule has 2 rings (SSSR count). The first-order chi connectivity index (χ1) is 9.22. The second-order valence-corrected chi connectivity index (χ2v) is 5.34. The molecule has 1 aliphatic heterocycles. The maximum atomic E-state index is 12.2. The van der Waals surface area contributed by atoms with Gasteiger partial charge < -0.3 is 9.80 Å². The van der Waals surface area contributed by atoms with Gasteiger partial charge in [-0.15, -0.1) is 0 Å². The lowest BCUT2D eigenvalue weighted by molar-refractivity contribution is -0.135. The van der Waals surface area contributed by atoms with Crippen LogP contribution in [0.25, 0.3) is 0 Å². The molecule has 1 fully saturated rings. The van der Waals surface area contributed by atoms with E-state index < -0.39 is 0 Å². The normalized spacial score (nSPS) is 17.4. The van der Waals surface area contributed by atoms with Crippen molar-refractivity contribution in [2.75, 3.05) is 31.1 Å². The fraction of sp³-hybridized carbons (Fsp3) is 0.562. The zero-order valence-corrected chi connectivity index (χ0v) is 12.0. The lowest BCUT2D eigenvalue weighted by Gasteiger charge is -2.37. The van der Waals surface area contributed by atoms with E-state index in [0.717, 1.165) is 39.0 Å². The first-order valence-electron chi connectivity index (χ1n) is 7.31. The molecule has 0 aromatic heterocycles. The first-order valence-corrected chi connectivity index (χ1v) is 7.31. The molecule has 3 heteroatoms. The summed E-state index contributed by atoms with van der Waals surface area (Å²) in [7, 11) is 0. The van der Waals surface area contributed by atoms with E-state index in [1.54, 1.807) is 0 Å². The Bertz CT molecular complexity index is 396. The third kappa shape index (κ3) is 3.49. The van der Waals surface area contributed by atoms with E-state index in [2.05, 4.69) is 43.0 Å². The number of carbonyl (C=O) groups is 1. The van der Waals surface area contributed by atoms with Crippen molar-refractivity contribution in [1.29, 1.82) is 0 Å². The van der Waals surface area contributed by atoms with E-state index in [9.17, 15) is 4.79 Å². The van der Waals surface area contributed by atoms with E-state index in [1.807, 2.05) is 11.0 Å². The predicted octanol–water partition coefficient (Wildman–Crippen LogP) is 2.77. The van der Waals surface area contributed by atoms with Gasteiger partial charge in [-0.3, -0.25) is 4.79 Å². The third-order valence-electron chi connectivity index (χ3n) is 3.86. The summed E-state index contributed by atoms with van der Waals surface area (Å²) >= 11 is 0. The van der Waals surface area contributed by atoms with Crippen molar-refractivity contribution >= 4 is 11.6 Å². The fourth-order valence-electron chi connectivity index (χ4n) is 2.69. The summed E-state index contributed by atoms with van der Waals surface area (Å²) < 4.78 is 0. The Morgan fingerprint density at radius 3 is 2.37 bits per heavy atom. The second-order valence-electron chi connectivity index (χ2n) is 5.34. The molecular formula is C16H24N2O. The van der Waals surface area contributed by atoms with Gasteiger partial charge in [0.25, 0.3) is 0 Å². The summed E-state index contributed by atoms with van der Waals surface area (Å²) in [4.78, 5) is 16.6. The molecule has 0 aliphatic carbocycles. The van der Waals surface area contributed by atoms with Crippen molar-refractivity contribution in [2.45, 2.75) is 26.7 Å². The minimum absolute atomic E-state index is 0.174. The van der Waals surface area contributed by atoms with Crippen LogP contribution in [-0.2, 0) is 4.79 Å². The van der Waals surface area contributed by atoms with Crippen molar-refractivity contribution in [1.82, 2.24) is 4.90 Å². The van der Waals surface area contributed by atoms with Crippen molar-refractivity contribution in [2.24, 2.45) is 5.92 Å². The summed E-state index contributed by atoms with van der Waals surface area (Å²) in [6, 6.07) is 10.4. The van der Waals surface area contributed by atoms with Gasteiger partial charge in [0.2, 0.25) is 5.91 Å². The van der Waals surface area contributed by atoms with Crippen LogP contribution in [-0.4, -0.2) is 37.0 Å². The largest absolute Gasteiger partial charge is 0.368 e. The van der Waals surface area contributed by atoms with Crippen molar-refractivity contribution < 1.29 is 4.79 Å². The molecule has 1 aliphatic rings. The van der Waals surface area contributed by atoms with Gasteiger partial charge in [0.05, 0.1) is 0 Å². The monoisotopic (exact) mass is 260 g/mol. The van der Waals surface area contributed by atoms with Crippen LogP contribution < -0.4 is 4.90 Å². The summed E-state index contributed by atoms with van der Waals surface area (Å²) in [5.41, 5.74) is 1.26. The van der Waals surface area contributed by atoms with Crippen molar-refractivity contribution in [3.8, 4) is 0 Å². The number of nitrogens with zero attached hydrogens (tertiary/aromatic N) is 2. The summed E-state index contributed by atoms with van der Waals surface area (Å²) in [6.07, 6.45) is 2.08. The number of rotatable bonds is 4. The van der Waals surface area contributed by atoms with Crippen LogP contribution in [0.15, 0.2) is 30.3 Å². The topological polar surface area (TPSA) is 23.6 Å². The van der Waals surface area contributed by atoms with Gasteiger partial charge in [0.1, 0.15) is 0 Å². The maximum absolute atomic E-state index is 12.2. The van der Waals surface area contributed by atoms with Crippen LogP contribution in [0, 0.1) is 5.92 Å². The second kappa shape index (κ2) is 6.60. The Morgan fingerprint density at radius 1 is 1.16 bits per heavy atom. The number of benzene rings is 1. The number of anilines is 1. The minimum Gasteiger partial charge on any atom is -0.368 e. The van der Waals surface area contributed by atoms with Crippen LogP contribution in [0.3, 0.4) is 0 Å². The highest BCUT2D eigenvalue weighted by molar-refractivity contribution is 5.78. The molecule has 3 nitrogen and oxygen atoms in total. The molecule has 104 valence electrons. The van der Waals surface area contributed by atoms with Gasteiger partial charge in [-0.1, -0.05) is 38.5 Å². The fourth-order valence-corrected chi connectivity index (χ4v) is 2.69. The number of amides is 1. The lowest BCUT2D eigenvalue weighted by atomic mass is 10.0. The molecule has 1 aromatic rings. The van der Waals surface area contributed by atoms with Gasteiger partial charge >= 0.3 is 0 Å².